The van der Waals surface area contributed by atoms with Gasteiger partial charge in [0.25, 0.3) is 0 Å². The van der Waals surface area contributed by atoms with Gasteiger partial charge in [-0.3, -0.25) is 4.79 Å². The molecule has 0 bridgehead atoms. The van der Waals surface area contributed by atoms with E-state index < -0.39 is 23.5 Å². The largest absolute Gasteiger partial charge is 0.497 e. The van der Waals surface area contributed by atoms with Crippen LogP contribution in [0, 0.1) is 0 Å². The van der Waals surface area contributed by atoms with Crippen LogP contribution in [0.3, 0.4) is 0 Å². The second-order valence-electron chi connectivity index (χ2n) is 10.2. The highest BCUT2D eigenvalue weighted by atomic mass is 16.6. The molecule has 43 heavy (non-hydrogen) atoms. The molecule has 3 unspecified atom stereocenters. The van der Waals surface area contributed by atoms with Crippen LogP contribution >= 0.6 is 0 Å². The minimum atomic E-state index is -1.45. The lowest BCUT2D eigenvalue weighted by atomic mass is 9.68. The van der Waals surface area contributed by atoms with Crippen LogP contribution in [0.25, 0.3) is 0 Å². The molecular formula is C34H30O9. The van der Waals surface area contributed by atoms with Gasteiger partial charge in [0.1, 0.15) is 52.1 Å². The third kappa shape index (κ3) is 4.81. The first-order valence-electron chi connectivity index (χ1n) is 13.6. The number of hydrogen-bond donors (Lipinski definition) is 0. The molecule has 4 aromatic rings. The van der Waals surface area contributed by atoms with E-state index in [1.165, 1.54) is 6.92 Å². The van der Waals surface area contributed by atoms with E-state index in [9.17, 15) is 9.59 Å². The van der Waals surface area contributed by atoms with Gasteiger partial charge in [0.2, 0.25) is 0 Å². The molecule has 9 nitrogen and oxygen atoms in total. The van der Waals surface area contributed by atoms with Gasteiger partial charge in [-0.2, -0.15) is 0 Å². The number of hydrogen-bond acceptors (Lipinski definition) is 9. The summed E-state index contributed by atoms with van der Waals surface area (Å²) in [4.78, 5) is 26.3. The molecule has 0 N–H and O–H groups in total. The first-order chi connectivity index (χ1) is 20.8. The zero-order valence-corrected chi connectivity index (χ0v) is 24.3. The summed E-state index contributed by atoms with van der Waals surface area (Å²) in [6.45, 7) is 1.32. The summed E-state index contributed by atoms with van der Waals surface area (Å²) in [7, 11) is 6.29. The Balaban J connectivity index is 1.61. The summed E-state index contributed by atoms with van der Waals surface area (Å²) in [5, 5.41) is 0. The number of carbonyl (C=O) groups excluding carboxylic acids is 2. The topological polar surface area (TPSA) is 102 Å². The highest BCUT2D eigenvalue weighted by molar-refractivity contribution is 5.99. The van der Waals surface area contributed by atoms with Crippen LogP contribution < -0.4 is 28.4 Å². The molecule has 1 fully saturated rings. The highest BCUT2D eigenvalue weighted by Gasteiger charge is 2.57. The minimum Gasteiger partial charge on any atom is -0.497 e. The molecule has 0 radical (unpaired) electrons. The zero-order valence-electron chi connectivity index (χ0n) is 24.3. The van der Waals surface area contributed by atoms with E-state index in [0.717, 1.165) is 11.3 Å². The number of rotatable bonds is 9. The quantitative estimate of drug-likeness (QED) is 0.139. The van der Waals surface area contributed by atoms with E-state index in [4.69, 9.17) is 33.2 Å². The maximum Gasteiger partial charge on any atom is 0.331 e. The molecule has 220 valence electrons. The fraction of sp³-hybridized carbons (Fsp3) is 0.235. The summed E-state index contributed by atoms with van der Waals surface area (Å²) in [5.41, 5.74) is 1.91. The fourth-order valence-electron chi connectivity index (χ4n) is 5.77. The Morgan fingerprint density at radius 2 is 1.26 bits per heavy atom. The van der Waals surface area contributed by atoms with Gasteiger partial charge in [-0.1, -0.05) is 24.3 Å². The average Bonchev–Trinajstić information content (AvgIpc) is 3.77. The van der Waals surface area contributed by atoms with Crippen molar-refractivity contribution in [3.8, 4) is 34.5 Å². The third-order valence-electron chi connectivity index (χ3n) is 7.80. The Labute approximate surface area is 248 Å². The molecule has 2 aliphatic heterocycles. The molecule has 9 heteroatoms. The van der Waals surface area contributed by atoms with Crippen molar-refractivity contribution in [1.82, 2.24) is 0 Å². The molecule has 3 atom stereocenters. The smallest absolute Gasteiger partial charge is 0.331 e. The molecule has 0 saturated carbocycles. The number of esters is 2. The van der Waals surface area contributed by atoms with E-state index in [0.29, 0.717) is 39.5 Å². The van der Waals surface area contributed by atoms with Crippen LogP contribution in [0.1, 0.15) is 46.9 Å². The van der Waals surface area contributed by atoms with Gasteiger partial charge in [0.15, 0.2) is 0 Å². The molecule has 1 saturated heterocycles. The molecular weight excluding hydrogens is 552 g/mol. The lowest BCUT2D eigenvalue weighted by Gasteiger charge is -2.30. The highest BCUT2D eigenvalue weighted by Crippen LogP contribution is 2.60. The normalized spacial score (nSPS) is 20.1. The number of fused-ring (bicyclic) bond motifs is 1. The number of epoxide rings is 1. The Morgan fingerprint density at radius 3 is 1.81 bits per heavy atom. The van der Waals surface area contributed by atoms with Crippen molar-refractivity contribution < 1.29 is 42.7 Å². The van der Waals surface area contributed by atoms with Crippen LogP contribution in [0.2, 0.25) is 0 Å². The van der Waals surface area contributed by atoms with E-state index in [2.05, 4.69) is 0 Å². The SMILES string of the molecule is COc1ccc(C2OC2c2cc(OC(C)=O)cc3c2C(c2ccc(OC)cc2)(c2cc(OC)cc(OC)c2)C(=O)O3)cc1. The first kappa shape index (κ1) is 28.1. The van der Waals surface area contributed by atoms with Crippen molar-refractivity contribution in [1.29, 1.82) is 0 Å². The van der Waals surface area contributed by atoms with Crippen molar-refractivity contribution in [2.24, 2.45) is 0 Å². The molecule has 0 aromatic heterocycles. The van der Waals surface area contributed by atoms with Crippen molar-refractivity contribution in [3.63, 3.8) is 0 Å². The van der Waals surface area contributed by atoms with Crippen molar-refractivity contribution >= 4 is 11.9 Å². The maximum atomic E-state index is 14.4. The van der Waals surface area contributed by atoms with Crippen molar-refractivity contribution in [3.05, 3.63) is 107 Å². The molecule has 2 aliphatic rings. The van der Waals surface area contributed by atoms with Crippen LogP contribution in [0.5, 0.6) is 34.5 Å². The number of benzene rings is 4. The van der Waals surface area contributed by atoms with Gasteiger partial charge < -0.3 is 33.2 Å². The van der Waals surface area contributed by atoms with Gasteiger partial charge in [-0.05, 0) is 64.7 Å². The van der Waals surface area contributed by atoms with Gasteiger partial charge in [-0.15, -0.1) is 0 Å². The summed E-state index contributed by atoms with van der Waals surface area (Å²) < 4.78 is 39.7. The monoisotopic (exact) mass is 582 g/mol. The predicted molar refractivity (Wildman–Crippen MR) is 155 cm³/mol. The molecule has 2 heterocycles. The lowest BCUT2D eigenvalue weighted by Crippen LogP contribution is -2.37. The van der Waals surface area contributed by atoms with E-state index >= 15 is 0 Å². The zero-order chi connectivity index (χ0) is 30.3. The second-order valence-corrected chi connectivity index (χ2v) is 10.2. The average molecular weight is 583 g/mol. The van der Waals surface area contributed by atoms with Crippen LogP contribution in [-0.4, -0.2) is 40.4 Å². The first-order valence-corrected chi connectivity index (χ1v) is 13.6. The Bertz CT molecular complexity index is 1670. The molecule has 6 rings (SSSR count). The van der Waals surface area contributed by atoms with Gasteiger partial charge in [0.05, 0.1) is 28.4 Å². The number of methoxy groups -OCH3 is 4. The van der Waals surface area contributed by atoms with Crippen molar-refractivity contribution in [2.75, 3.05) is 28.4 Å². The van der Waals surface area contributed by atoms with E-state index in [-0.39, 0.29) is 17.6 Å². The Kier molecular flexibility index (Phi) is 7.19. The van der Waals surface area contributed by atoms with Crippen LogP contribution in [-0.2, 0) is 19.7 Å². The van der Waals surface area contributed by atoms with E-state index in [1.54, 1.807) is 70.9 Å². The van der Waals surface area contributed by atoms with Gasteiger partial charge in [-0.25, -0.2) is 4.79 Å². The Hall–Kier alpha value is -5.02. The molecule has 4 aromatic carbocycles. The van der Waals surface area contributed by atoms with Gasteiger partial charge in [0, 0.05) is 24.6 Å². The number of ether oxygens (including phenoxy) is 7. The Morgan fingerprint density at radius 1 is 0.674 bits per heavy atom. The summed E-state index contributed by atoms with van der Waals surface area (Å²) in [6, 6.07) is 23.5. The molecule has 0 aliphatic carbocycles. The van der Waals surface area contributed by atoms with Crippen molar-refractivity contribution in [2.45, 2.75) is 24.5 Å². The standard InChI is InChI=1S/C34H30O9/c1-19(35)41-27-17-28(32-31(43-32)20-6-10-23(37-2)11-7-20)30-29(18-27)42-33(36)34(30,21-8-12-24(38-3)13-9-21)22-14-25(39-4)16-26(15-22)40-5/h6-18,31-32H,1-5H3. The summed E-state index contributed by atoms with van der Waals surface area (Å²) in [5.74, 6) is 1.82. The molecule has 0 spiro atoms. The van der Waals surface area contributed by atoms with E-state index in [1.807, 2.05) is 36.4 Å². The van der Waals surface area contributed by atoms with Crippen LogP contribution in [0.4, 0.5) is 0 Å². The molecule has 0 amide bonds. The third-order valence-corrected chi connectivity index (χ3v) is 7.80. The second kappa shape index (κ2) is 11.0. The maximum absolute atomic E-state index is 14.4. The summed E-state index contributed by atoms with van der Waals surface area (Å²) >= 11 is 0. The minimum absolute atomic E-state index is 0.242. The van der Waals surface area contributed by atoms with Crippen LogP contribution in [0.15, 0.2) is 78.9 Å². The summed E-state index contributed by atoms with van der Waals surface area (Å²) in [6.07, 6.45) is -0.774. The van der Waals surface area contributed by atoms with Gasteiger partial charge >= 0.3 is 11.9 Å². The predicted octanol–water partition coefficient (Wildman–Crippen LogP) is 5.71. The fourth-order valence-corrected chi connectivity index (χ4v) is 5.77. The lowest BCUT2D eigenvalue weighted by molar-refractivity contribution is -0.135. The number of carbonyl (C=O) groups is 2.